The number of nitrogens with one attached hydrogen (secondary N) is 1. The molecule has 0 spiro atoms. The van der Waals surface area contributed by atoms with Gasteiger partial charge < -0.3 is 29.3 Å². The van der Waals surface area contributed by atoms with Crippen molar-refractivity contribution in [2.24, 2.45) is 0 Å². The van der Waals surface area contributed by atoms with Crippen molar-refractivity contribution in [3.63, 3.8) is 0 Å². The fourth-order valence-corrected chi connectivity index (χ4v) is 4.35. The summed E-state index contributed by atoms with van der Waals surface area (Å²) in [4.78, 5) is 64.0. The molecule has 1 aliphatic heterocycles. The van der Waals surface area contributed by atoms with Crippen LogP contribution in [-0.4, -0.2) is 102 Å². The number of ether oxygens (including phenoxy) is 3. The van der Waals surface area contributed by atoms with Crippen molar-refractivity contribution in [2.75, 3.05) is 46.5 Å². The van der Waals surface area contributed by atoms with Gasteiger partial charge in [-0.15, -0.1) is 0 Å². The molecule has 1 aliphatic rings. The van der Waals surface area contributed by atoms with E-state index in [1.807, 2.05) is 30.3 Å². The maximum absolute atomic E-state index is 13.6. The zero-order valence-electron chi connectivity index (χ0n) is 25.1. The molecule has 12 heteroatoms. The molecule has 0 aliphatic carbocycles. The number of carbonyl (C=O) groups is 4. The maximum atomic E-state index is 13.6. The first-order valence-electron chi connectivity index (χ1n) is 14.2. The third-order valence-corrected chi connectivity index (χ3v) is 6.38. The molecule has 0 saturated carbocycles. The van der Waals surface area contributed by atoms with Crippen LogP contribution in [-0.2, 0) is 30.2 Å². The van der Waals surface area contributed by atoms with Gasteiger partial charge in [0.2, 0.25) is 5.91 Å². The number of nitrogens with zero attached hydrogens (tertiary/aromatic N) is 4. The van der Waals surface area contributed by atoms with Gasteiger partial charge in [-0.05, 0) is 40.2 Å². The Morgan fingerprint density at radius 2 is 1.67 bits per heavy atom. The van der Waals surface area contributed by atoms with Gasteiger partial charge in [0, 0.05) is 57.4 Å². The highest BCUT2D eigenvalue weighted by Crippen LogP contribution is 2.17. The number of esters is 1. The van der Waals surface area contributed by atoms with E-state index in [1.165, 1.54) is 4.90 Å². The second-order valence-corrected chi connectivity index (χ2v) is 10.8. The van der Waals surface area contributed by atoms with E-state index in [4.69, 9.17) is 14.2 Å². The number of carbonyl (C=O) groups excluding carboxylic acids is 4. The molecule has 2 heterocycles. The average Bonchev–Trinajstić information content (AvgIpc) is 2.97. The first kappa shape index (κ1) is 32.5. The predicted molar refractivity (Wildman–Crippen MR) is 155 cm³/mol. The van der Waals surface area contributed by atoms with E-state index in [-0.39, 0.29) is 44.1 Å². The van der Waals surface area contributed by atoms with Crippen LogP contribution in [0.2, 0.25) is 0 Å². The summed E-state index contributed by atoms with van der Waals surface area (Å²) in [5.41, 5.74) is 0.763. The predicted octanol–water partition coefficient (Wildman–Crippen LogP) is 2.85. The van der Waals surface area contributed by atoms with Crippen LogP contribution >= 0.6 is 0 Å². The Kier molecular flexibility index (Phi) is 11.8. The van der Waals surface area contributed by atoms with E-state index in [0.29, 0.717) is 37.6 Å². The van der Waals surface area contributed by atoms with Gasteiger partial charge in [0.05, 0.1) is 13.2 Å². The fraction of sp³-hybridized carbons (Fsp3) is 0.533. The van der Waals surface area contributed by atoms with Crippen LogP contribution in [0.4, 0.5) is 4.79 Å². The van der Waals surface area contributed by atoms with Gasteiger partial charge in [0.25, 0.3) is 5.91 Å². The topological polar surface area (TPSA) is 140 Å². The minimum atomic E-state index is -1.02. The first-order chi connectivity index (χ1) is 20.0. The minimum absolute atomic E-state index is 0.0325. The van der Waals surface area contributed by atoms with E-state index >= 15 is 0 Å². The lowest BCUT2D eigenvalue weighted by atomic mass is 10.1. The van der Waals surface area contributed by atoms with Crippen molar-refractivity contribution in [3.8, 4) is 11.4 Å². The van der Waals surface area contributed by atoms with Gasteiger partial charge in [0.15, 0.2) is 5.82 Å². The van der Waals surface area contributed by atoms with E-state index in [2.05, 4.69) is 15.3 Å². The van der Waals surface area contributed by atoms with Crippen molar-refractivity contribution in [1.29, 1.82) is 0 Å². The smallest absolute Gasteiger partial charge is 0.409 e. The highest BCUT2D eigenvalue weighted by molar-refractivity contribution is 5.96. The molecule has 2 aromatic rings. The molecule has 228 valence electrons. The van der Waals surface area contributed by atoms with Gasteiger partial charge in [-0.3, -0.25) is 14.4 Å². The summed E-state index contributed by atoms with van der Waals surface area (Å²) in [5, 5.41) is 2.80. The number of piperazine rings is 1. The van der Waals surface area contributed by atoms with Gasteiger partial charge >= 0.3 is 12.1 Å². The van der Waals surface area contributed by atoms with Crippen LogP contribution in [0.1, 0.15) is 56.7 Å². The van der Waals surface area contributed by atoms with Gasteiger partial charge in [-0.1, -0.05) is 30.3 Å². The number of methoxy groups -OCH3 is 1. The zero-order valence-corrected chi connectivity index (χ0v) is 25.1. The molecule has 1 aromatic heterocycles. The van der Waals surface area contributed by atoms with Gasteiger partial charge in [0.1, 0.15) is 17.3 Å². The summed E-state index contributed by atoms with van der Waals surface area (Å²) in [6, 6.07) is 9.84. The van der Waals surface area contributed by atoms with Crippen molar-refractivity contribution in [1.82, 2.24) is 25.1 Å². The van der Waals surface area contributed by atoms with Crippen molar-refractivity contribution in [2.45, 2.75) is 58.6 Å². The lowest BCUT2D eigenvalue weighted by molar-refractivity contribution is -0.155. The summed E-state index contributed by atoms with van der Waals surface area (Å²) < 4.78 is 15.7. The van der Waals surface area contributed by atoms with Crippen molar-refractivity contribution >= 4 is 23.9 Å². The zero-order chi connectivity index (χ0) is 30.7. The highest BCUT2D eigenvalue weighted by Gasteiger charge is 2.32. The largest absolute Gasteiger partial charge is 0.460 e. The van der Waals surface area contributed by atoms with E-state index in [0.717, 1.165) is 5.56 Å². The summed E-state index contributed by atoms with van der Waals surface area (Å²) in [6.45, 7) is 8.82. The quantitative estimate of drug-likeness (QED) is 0.396. The maximum Gasteiger partial charge on any atom is 0.409 e. The Balaban J connectivity index is 1.81. The number of hydrogen-bond donors (Lipinski definition) is 1. The standard InChI is InChI=1S/C30H41N5O7/c1-6-41-29(39)35-17-15-34(16-18-35)28(38)23(12-13-25(36)42-30(2,3)4)33-27(37)24-20-22(14-19-40-5)31-26(32-24)21-10-8-7-9-11-21/h7-11,20,23H,6,12-19H2,1-5H3,(H,33,37)/t23-/m0/s1. The van der Waals surface area contributed by atoms with Crippen molar-refractivity contribution < 1.29 is 33.4 Å². The van der Waals surface area contributed by atoms with Crippen molar-refractivity contribution in [3.05, 3.63) is 47.8 Å². The molecule has 12 nitrogen and oxygen atoms in total. The molecule has 1 saturated heterocycles. The van der Waals surface area contributed by atoms with Crippen LogP contribution in [0.25, 0.3) is 11.4 Å². The lowest BCUT2D eigenvalue weighted by Gasteiger charge is -2.36. The molecule has 1 aromatic carbocycles. The molecule has 0 unspecified atom stereocenters. The SMILES string of the molecule is CCOC(=O)N1CCN(C(=O)[C@H](CCC(=O)OC(C)(C)C)NC(=O)c2cc(CCOC)nc(-c3ccccc3)n2)CC1. The van der Waals surface area contributed by atoms with Crippen LogP contribution in [0, 0.1) is 0 Å². The van der Waals surface area contributed by atoms with Crippen LogP contribution in [0.3, 0.4) is 0 Å². The van der Waals surface area contributed by atoms with Gasteiger partial charge in [-0.2, -0.15) is 0 Å². The van der Waals surface area contributed by atoms with Crippen LogP contribution < -0.4 is 5.32 Å². The number of rotatable bonds is 11. The van der Waals surface area contributed by atoms with E-state index in [1.54, 1.807) is 45.8 Å². The Morgan fingerprint density at radius 3 is 2.29 bits per heavy atom. The summed E-state index contributed by atoms with van der Waals surface area (Å²) >= 11 is 0. The Labute approximate surface area is 246 Å². The Morgan fingerprint density at radius 1 is 1.00 bits per heavy atom. The highest BCUT2D eigenvalue weighted by atomic mass is 16.6. The number of benzene rings is 1. The molecule has 0 bridgehead atoms. The van der Waals surface area contributed by atoms with Gasteiger partial charge in [-0.25, -0.2) is 14.8 Å². The fourth-order valence-electron chi connectivity index (χ4n) is 4.35. The summed E-state index contributed by atoms with van der Waals surface area (Å²) in [6.07, 6.45) is -0.00792. The number of amides is 3. The summed E-state index contributed by atoms with van der Waals surface area (Å²) in [5.74, 6) is -1.02. The normalized spacial score (nSPS) is 14.2. The molecule has 3 amide bonds. The molecular formula is C30H41N5O7. The molecule has 3 rings (SSSR count). The minimum Gasteiger partial charge on any atom is -0.460 e. The second kappa shape index (κ2) is 15.2. The third-order valence-electron chi connectivity index (χ3n) is 6.38. The first-order valence-corrected chi connectivity index (χ1v) is 14.2. The summed E-state index contributed by atoms with van der Waals surface area (Å²) in [7, 11) is 1.58. The van der Waals surface area contributed by atoms with E-state index in [9.17, 15) is 19.2 Å². The molecule has 0 radical (unpaired) electrons. The molecule has 1 fully saturated rings. The average molecular weight is 584 g/mol. The second-order valence-electron chi connectivity index (χ2n) is 10.8. The Hall–Kier alpha value is -4.06. The molecule has 1 atom stereocenters. The Bertz CT molecular complexity index is 1220. The molecule has 42 heavy (non-hydrogen) atoms. The molecular weight excluding hydrogens is 542 g/mol. The molecule has 1 N–H and O–H groups in total. The third kappa shape index (κ3) is 9.79. The van der Waals surface area contributed by atoms with Crippen LogP contribution in [0.5, 0.6) is 0 Å². The monoisotopic (exact) mass is 583 g/mol. The van der Waals surface area contributed by atoms with Crippen LogP contribution in [0.15, 0.2) is 36.4 Å². The number of hydrogen-bond acceptors (Lipinski definition) is 9. The van der Waals surface area contributed by atoms with E-state index < -0.39 is 29.6 Å². The number of aromatic nitrogens is 2. The lowest BCUT2D eigenvalue weighted by Crippen LogP contribution is -2.56.